The molecule has 1 heterocycles. The number of fused-ring (bicyclic) bond motifs is 1. The lowest BCUT2D eigenvalue weighted by Crippen LogP contribution is -2.45. The average Bonchev–Trinajstić information content (AvgIpc) is 2.71. The molecule has 3 rings (SSSR count). The molecule has 2 aliphatic rings. The Morgan fingerprint density at radius 3 is 2.26 bits per heavy atom. The monoisotopic (exact) mass is 429 g/mol. The second kappa shape index (κ2) is 9.32. The summed E-state index contributed by atoms with van der Waals surface area (Å²) in [5.41, 5.74) is 5.91. The van der Waals surface area contributed by atoms with Gasteiger partial charge in [0.2, 0.25) is 5.91 Å². The lowest BCUT2D eigenvalue weighted by atomic mass is 9.81. The third kappa shape index (κ3) is 4.97. The van der Waals surface area contributed by atoms with Crippen LogP contribution in [-0.2, 0) is 32.0 Å². The SMILES string of the molecule is CCOC(=O)[C@@H](OC(C)(C)C)c1c(C)c(C)c2c(c1C)CC(=O)N(C1CCCCC1)C2. The van der Waals surface area contributed by atoms with Gasteiger partial charge in [-0.2, -0.15) is 0 Å². The molecule has 0 N–H and O–H groups in total. The molecule has 1 atom stereocenters. The molecule has 1 aromatic carbocycles. The van der Waals surface area contributed by atoms with Crippen molar-refractivity contribution in [3.05, 3.63) is 33.4 Å². The van der Waals surface area contributed by atoms with E-state index in [1.807, 2.05) is 34.6 Å². The maximum atomic E-state index is 13.2. The Hall–Kier alpha value is -1.88. The van der Waals surface area contributed by atoms with Crippen molar-refractivity contribution in [2.45, 2.75) is 111 Å². The van der Waals surface area contributed by atoms with Crippen molar-refractivity contribution in [1.82, 2.24) is 4.90 Å². The Labute approximate surface area is 187 Å². The lowest BCUT2D eigenvalue weighted by molar-refractivity contribution is -0.167. The van der Waals surface area contributed by atoms with Gasteiger partial charge in [0.25, 0.3) is 0 Å². The van der Waals surface area contributed by atoms with E-state index < -0.39 is 11.7 Å². The van der Waals surface area contributed by atoms with Crippen molar-refractivity contribution in [3.8, 4) is 0 Å². The number of amides is 1. The lowest BCUT2D eigenvalue weighted by Gasteiger charge is -2.40. The molecule has 5 nitrogen and oxygen atoms in total. The van der Waals surface area contributed by atoms with Crippen LogP contribution in [0.2, 0.25) is 0 Å². The molecule has 5 heteroatoms. The number of nitrogens with zero attached hydrogens (tertiary/aromatic N) is 1. The number of carbonyl (C=O) groups excluding carboxylic acids is 2. The summed E-state index contributed by atoms with van der Waals surface area (Å²) < 4.78 is 11.6. The van der Waals surface area contributed by atoms with Gasteiger partial charge in [0, 0.05) is 12.6 Å². The van der Waals surface area contributed by atoms with Crippen LogP contribution < -0.4 is 0 Å². The zero-order valence-corrected chi connectivity index (χ0v) is 20.4. The molecule has 0 bridgehead atoms. The van der Waals surface area contributed by atoms with Crippen molar-refractivity contribution in [2.24, 2.45) is 0 Å². The molecular formula is C26H39NO4. The fourth-order valence-corrected chi connectivity index (χ4v) is 5.20. The minimum Gasteiger partial charge on any atom is -0.464 e. The predicted molar refractivity (Wildman–Crippen MR) is 122 cm³/mol. The van der Waals surface area contributed by atoms with E-state index in [9.17, 15) is 9.59 Å². The highest BCUT2D eigenvalue weighted by molar-refractivity contribution is 5.84. The van der Waals surface area contributed by atoms with Crippen LogP contribution in [0.15, 0.2) is 0 Å². The van der Waals surface area contributed by atoms with Crippen molar-refractivity contribution < 1.29 is 19.1 Å². The highest BCUT2D eigenvalue weighted by Crippen LogP contribution is 2.39. The van der Waals surface area contributed by atoms with E-state index in [-0.39, 0.29) is 11.9 Å². The largest absolute Gasteiger partial charge is 0.464 e. The molecule has 0 spiro atoms. The van der Waals surface area contributed by atoms with Crippen LogP contribution >= 0.6 is 0 Å². The van der Waals surface area contributed by atoms with Crippen LogP contribution in [0, 0.1) is 20.8 Å². The fraction of sp³-hybridized carbons (Fsp3) is 0.692. The van der Waals surface area contributed by atoms with E-state index >= 15 is 0 Å². The molecule has 0 radical (unpaired) electrons. The number of benzene rings is 1. The highest BCUT2D eigenvalue weighted by atomic mass is 16.6. The van der Waals surface area contributed by atoms with Gasteiger partial charge in [-0.1, -0.05) is 19.3 Å². The van der Waals surface area contributed by atoms with Gasteiger partial charge in [-0.05, 0) is 94.7 Å². The minimum absolute atomic E-state index is 0.209. The third-order valence-electron chi connectivity index (χ3n) is 6.87. The quantitative estimate of drug-likeness (QED) is 0.600. The van der Waals surface area contributed by atoms with E-state index in [1.54, 1.807) is 0 Å². The Morgan fingerprint density at radius 1 is 1.03 bits per heavy atom. The first kappa shape index (κ1) is 23.8. The molecule has 1 fully saturated rings. The number of hydrogen-bond donors (Lipinski definition) is 0. The van der Waals surface area contributed by atoms with Gasteiger partial charge in [-0.15, -0.1) is 0 Å². The van der Waals surface area contributed by atoms with Gasteiger partial charge >= 0.3 is 5.97 Å². The topological polar surface area (TPSA) is 55.8 Å². The van der Waals surface area contributed by atoms with Gasteiger partial charge in [0.1, 0.15) is 0 Å². The van der Waals surface area contributed by atoms with Crippen LogP contribution in [0.3, 0.4) is 0 Å². The fourth-order valence-electron chi connectivity index (χ4n) is 5.20. The molecule has 172 valence electrons. The predicted octanol–water partition coefficient (Wildman–Crippen LogP) is 5.25. The molecule has 1 saturated carbocycles. The first-order chi connectivity index (χ1) is 14.5. The number of esters is 1. The van der Waals surface area contributed by atoms with Crippen LogP contribution in [0.4, 0.5) is 0 Å². The van der Waals surface area contributed by atoms with Gasteiger partial charge in [0.15, 0.2) is 6.10 Å². The standard InChI is InChI=1S/C26H39NO4/c1-8-30-25(29)24(31-26(5,6)7)23-17(3)16(2)21-15-27(19-12-10-9-11-13-19)22(28)14-20(21)18(23)4/h19,24H,8-15H2,1-7H3/t24-/m0/s1. The van der Waals surface area contributed by atoms with Crippen LogP contribution in [0.25, 0.3) is 0 Å². The second-order valence-corrected chi connectivity index (χ2v) is 10.1. The Kier molecular flexibility index (Phi) is 7.14. The maximum absolute atomic E-state index is 13.2. The molecule has 1 aliphatic carbocycles. The number of carbonyl (C=O) groups is 2. The zero-order valence-electron chi connectivity index (χ0n) is 20.4. The Morgan fingerprint density at radius 2 is 1.68 bits per heavy atom. The summed E-state index contributed by atoms with van der Waals surface area (Å²) >= 11 is 0. The van der Waals surface area contributed by atoms with Gasteiger partial charge in [-0.25, -0.2) is 4.79 Å². The zero-order chi connectivity index (χ0) is 22.9. The van der Waals surface area contributed by atoms with E-state index in [2.05, 4.69) is 18.7 Å². The number of ether oxygens (including phenoxy) is 2. The summed E-state index contributed by atoms with van der Waals surface area (Å²) in [6.07, 6.45) is 5.53. The maximum Gasteiger partial charge on any atom is 0.339 e. The van der Waals surface area contributed by atoms with Crippen molar-refractivity contribution >= 4 is 11.9 Å². The molecular weight excluding hydrogens is 390 g/mol. The number of rotatable bonds is 5. The smallest absolute Gasteiger partial charge is 0.339 e. The first-order valence-electron chi connectivity index (χ1n) is 11.8. The summed E-state index contributed by atoms with van der Waals surface area (Å²) in [4.78, 5) is 28.2. The van der Waals surface area contributed by atoms with Crippen LogP contribution in [0.1, 0.15) is 99.3 Å². The molecule has 1 aromatic rings. The molecule has 0 unspecified atom stereocenters. The number of hydrogen-bond acceptors (Lipinski definition) is 4. The van der Waals surface area contributed by atoms with Gasteiger partial charge < -0.3 is 14.4 Å². The van der Waals surface area contributed by atoms with E-state index in [4.69, 9.17) is 9.47 Å². The van der Waals surface area contributed by atoms with Crippen LogP contribution in [0.5, 0.6) is 0 Å². The molecule has 31 heavy (non-hydrogen) atoms. The molecule has 1 amide bonds. The van der Waals surface area contributed by atoms with Crippen molar-refractivity contribution in [1.29, 1.82) is 0 Å². The summed E-state index contributed by atoms with van der Waals surface area (Å²) in [6.45, 7) is 14.8. The third-order valence-corrected chi connectivity index (χ3v) is 6.87. The Balaban J connectivity index is 2.05. The van der Waals surface area contributed by atoms with Crippen LogP contribution in [-0.4, -0.2) is 35.0 Å². The van der Waals surface area contributed by atoms with E-state index in [0.717, 1.165) is 40.7 Å². The minimum atomic E-state index is -0.796. The molecule has 0 saturated heterocycles. The van der Waals surface area contributed by atoms with Gasteiger partial charge in [-0.3, -0.25) is 4.79 Å². The second-order valence-electron chi connectivity index (χ2n) is 10.1. The van der Waals surface area contributed by atoms with E-state index in [1.165, 1.54) is 24.8 Å². The van der Waals surface area contributed by atoms with Crippen molar-refractivity contribution in [2.75, 3.05) is 6.61 Å². The van der Waals surface area contributed by atoms with E-state index in [0.29, 0.717) is 25.6 Å². The first-order valence-corrected chi connectivity index (χ1v) is 11.8. The summed E-state index contributed by atoms with van der Waals surface area (Å²) in [6, 6.07) is 0.366. The Bertz CT molecular complexity index is 846. The summed E-state index contributed by atoms with van der Waals surface area (Å²) in [5.74, 6) is -0.157. The summed E-state index contributed by atoms with van der Waals surface area (Å²) in [5, 5.41) is 0. The normalized spacial score (nSPS) is 18.7. The summed E-state index contributed by atoms with van der Waals surface area (Å²) in [7, 11) is 0. The average molecular weight is 430 g/mol. The van der Waals surface area contributed by atoms with Crippen molar-refractivity contribution in [3.63, 3.8) is 0 Å². The molecule has 0 aromatic heterocycles. The molecule has 1 aliphatic heterocycles. The highest BCUT2D eigenvalue weighted by Gasteiger charge is 2.37. The van der Waals surface area contributed by atoms with Gasteiger partial charge in [0.05, 0.1) is 18.6 Å².